The van der Waals surface area contributed by atoms with Gasteiger partial charge in [-0.3, -0.25) is 10.1 Å². The zero-order valence-electron chi connectivity index (χ0n) is 8.43. The average molecular weight is 207 g/mol. The largest absolute Gasteiger partial charge is 0.380 e. The first-order valence-electron chi connectivity index (χ1n) is 4.48. The third-order valence-corrected chi connectivity index (χ3v) is 1.86. The van der Waals surface area contributed by atoms with Crippen molar-refractivity contribution in [2.45, 2.75) is 13.5 Å². The molecule has 0 saturated carbocycles. The fourth-order valence-corrected chi connectivity index (χ4v) is 1.07. The number of aryl methyl sites for hydroxylation is 1. The van der Waals surface area contributed by atoms with E-state index >= 15 is 0 Å². The average Bonchev–Trinajstić information content (AvgIpc) is 2.16. The van der Waals surface area contributed by atoms with Gasteiger partial charge in [0.15, 0.2) is 5.82 Å². The van der Waals surface area contributed by atoms with Crippen LogP contribution in [0.5, 0.6) is 0 Å². The summed E-state index contributed by atoms with van der Waals surface area (Å²) in [5, 5.41) is 12.8. The molecule has 1 rings (SSSR count). The normalized spacial score (nSPS) is 11.1. The van der Waals surface area contributed by atoms with Crippen molar-refractivity contribution in [2.75, 3.05) is 0 Å². The van der Waals surface area contributed by atoms with E-state index in [9.17, 15) is 10.1 Å². The minimum Gasteiger partial charge on any atom is -0.380 e. The Hall–Kier alpha value is -2.04. The van der Waals surface area contributed by atoms with Gasteiger partial charge >= 0.3 is 0 Å². The highest BCUT2D eigenvalue weighted by Crippen LogP contribution is 2.02. The number of rotatable bonds is 4. The highest BCUT2D eigenvalue weighted by atomic mass is 16.6. The van der Waals surface area contributed by atoms with Gasteiger partial charge in [-0.1, -0.05) is 29.8 Å². The van der Waals surface area contributed by atoms with Crippen molar-refractivity contribution in [1.82, 2.24) is 5.32 Å². The van der Waals surface area contributed by atoms with E-state index in [0.29, 0.717) is 6.54 Å². The van der Waals surface area contributed by atoms with Gasteiger partial charge in [0.05, 0.1) is 4.92 Å². The topological polar surface area (TPSA) is 81.2 Å². The van der Waals surface area contributed by atoms with Crippen molar-refractivity contribution >= 4 is 0 Å². The highest BCUT2D eigenvalue weighted by Gasteiger charge is 1.97. The minimum absolute atomic E-state index is 0.0561. The first kappa shape index (κ1) is 11.0. The van der Waals surface area contributed by atoms with Gasteiger partial charge in [0.2, 0.25) is 0 Å². The molecule has 3 N–H and O–H groups in total. The molecular weight excluding hydrogens is 194 g/mol. The Morgan fingerprint density at radius 2 is 2.13 bits per heavy atom. The molecule has 0 atom stereocenters. The van der Waals surface area contributed by atoms with Crippen LogP contribution in [0.25, 0.3) is 0 Å². The van der Waals surface area contributed by atoms with Crippen molar-refractivity contribution in [1.29, 1.82) is 0 Å². The summed E-state index contributed by atoms with van der Waals surface area (Å²) in [6.45, 7) is 2.48. The van der Waals surface area contributed by atoms with E-state index in [1.165, 1.54) is 5.56 Å². The SMILES string of the molecule is Cc1ccc(CN/C(N)=C/[N+](=O)[O-])cc1. The van der Waals surface area contributed by atoms with Gasteiger partial charge in [0, 0.05) is 6.54 Å². The van der Waals surface area contributed by atoms with Gasteiger partial charge in [-0.25, -0.2) is 0 Å². The standard InChI is InChI=1S/C10H13N3O2/c1-8-2-4-9(5-3-8)6-12-10(11)7-13(14)15/h2-5,7,12H,6,11H2,1H3/b10-7+. The zero-order valence-corrected chi connectivity index (χ0v) is 8.43. The van der Waals surface area contributed by atoms with Crippen LogP contribution >= 0.6 is 0 Å². The molecule has 1 aromatic carbocycles. The molecule has 5 heteroatoms. The fraction of sp³-hybridized carbons (Fsp3) is 0.200. The van der Waals surface area contributed by atoms with E-state index in [-0.39, 0.29) is 5.82 Å². The lowest BCUT2D eigenvalue weighted by molar-refractivity contribution is -0.403. The Morgan fingerprint density at radius 1 is 1.53 bits per heavy atom. The Morgan fingerprint density at radius 3 is 2.67 bits per heavy atom. The highest BCUT2D eigenvalue weighted by molar-refractivity contribution is 5.21. The van der Waals surface area contributed by atoms with Crippen molar-refractivity contribution in [3.05, 3.63) is 57.5 Å². The van der Waals surface area contributed by atoms with Crippen molar-refractivity contribution in [3.8, 4) is 0 Å². The van der Waals surface area contributed by atoms with E-state index in [1.54, 1.807) is 0 Å². The zero-order chi connectivity index (χ0) is 11.3. The maximum Gasteiger partial charge on any atom is 0.273 e. The number of nitro groups is 1. The second-order valence-corrected chi connectivity index (χ2v) is 3.21. The third-order valence-electron chi connectivity index (χ3n) is 1.86. The molecular formula is C10H13N3O2. The Bertz CT molecular complexity index is 371. The van der Waals surface area contributed by atoms with Crippen LogP contribution < -0.4 is 11.1 Å². The summed E-state index contributed by atoms with van der Waals surface area (Å²) in [6.07, 6.45) is 0.744. The molecule has 0 fully saturated rings. The number of benzene rings is 1. The molecule has 5 nitrogen and oxygen atoms in total. The summed E-state index contributed by atoms with van der Waals surface area (Å²) in [5.41, 5.74) is 7.56. The van der Waals surface area contributed by atoms with E-state index in [4.69, 9.17) is 5.73 Å². The number of nitrogens with zero attached hydrogens (tertiary/aromatic N) is 1. The van der Waals surface area contributed by atoms with Crippen LogP contribution in [0, 0.1) is 17.0 Å². The maximum atomic E-state index is 10.1. The number of hydrogen-bond acceptors (Lipinski definition) is 4. The van der Waals surface area contributed by atoms with Gasteiger partial charge in [0.25, 0.3) is 6.20 Å². The van der Waals surface area contributed by atoms with Crippen molar-refractivity contribution < 1.29 is 4.92 Å². The molecule has 0 bridgehead atoms. The third kappa shape index (κ3) is 4.12. The van der Waals surface area contributed by atoms with Crippen LogP contribution in [-0.4, -0.2) is 4.92 Å². The van der Waals surface area contributed by atoms with Crippen LogP contribution in [0.4, 0.5) is 0 Å². The quantitative estimate of drug-likeness (QED) is 0.572. The molecule has 0 radical (unpaired) electrons. The van der Waals surface area contributed by atoms with Crippen molar-refractivity contribution in [3.63, 3.8) is 0 Å². The predicted molar refractivity (Wildman–Crippen MR) is 57.3 cm³/mol. The lowest BCUT2D eigenvalue weighted by Crippen LogP contribution is -2.20. The number of hydrogen-bond donors (Lipinski definition) is 2. The first-order valence-corrected chi connectivity index (χ1v) is 4.48. The molecule has 0 spiro atoms. The molecule has 0 aliphatic rings. The summed E-state index contributed by atoms with van der Waals surface area (Å²) in [4.78, 5) is 9.49. The fourth-order valence-electron chi connectivity index (χ4n) is 1.07. The van der Waals surface area contributed by atoms with E-state index in [1.807, 2.05) is 31.2 Å². The molecule has 0 aliphatic carbocycles. The lowest BCUT2D eigenvalue weighted by Gasteiger charge is -2.04. The minimum atomic E-state index is -0.586. The Labute approximate surface area is 87.7 Å². The van der Waals surface area contributed by atoms with Crippen LogP contribution in [0.15, 0.2) is 36.3 Å². The molecule has 0 aliphatic heterocycles. The first-order chi connectivity index (χ1) is 7.08. The maximum absolute atomic E-state index is 10.1. The Balaban J connectivity index is 2.50. The van der Waals surface area contributed by atoms with Gasteiger partial charge in [-0.2, -0.15) is 0 Å². The molecule has 0 unspecified atom stereocenters. The summed E-state index contributed by atoms with van der Waals surface area (Å²) in [6, 6.07) is 7.85. The van der Waals surface area contributed by atoms with Crippen LogP contribution in [-0.2, 0) is 6.54 Å². The molecule has 0 saturated heterocycles. The summed E-state index contributed by atoms with van der Waals surface area (Å²) in [5.74, 6) is 0.0561. The number of nitrogens with one attached hydrogen (secondary N) is 1. The van der Waals surface area contributed by atoms with Crippen molar-refractivity contribution in [2.24, 2.45) is 5.73 Å². The van der Waals surface area contributed by atoms with E-state index < -0.39 is 4.92 Å². The van der Waals surface area contributed by atoms with Gasteiger partial charge in [-0.05, 0) is 12.5 Å². The predicted octanol–water partition coefficient (Wildman–Crippen LogP) is 1.12. The van der Waals surface area contributed by atoms with Gasteiger partial charge < -0.3 is 11.1 Å². The van der Waals surface area contributed by atoms with Gasteiger partial charge in [-0.15, -0.1) is 0 Å². The summed E-state index contributed by atoms with van der Waals surface area (Å²) in [7, 11) is 0. The smallest absolute Gasteiger partial charge is 0.273 e. The van der Waals surface area contributed by atoms with Gasteiger partial charge in [0.1, 0.15) is 0 Å². The second-order valence-electron chi connectivity index (χ2n) is 3.21. The molecule has 1 aromatic rings. The van der Waals surface area contributed by atoms with Crippen LogP contribution in [0.1, 0.15) is 11.1 Å². The van der Waals surface area contributed by atoms with Crippen LogP contribution in [0.3, 0.4) is 0 Å². The summed E-state index contributed by atoms with van der Waals surface area (Å²) >= 11 is 0. The molecule has 0 aromatic heterocycles. The molecule has 0 amide bonds. The monoisotopic (exact) mass is 207 g/mol. The Kier molecular flexibility index (Phi) is 3.68. The lowest BCUT2D eigenvalue weighted by atomic mass is 10.1. The van der Waals surface area contributed by atoms with E-state index in [2.05, 4.69) is 5.32 Å². The second kappa shape index (κ2) is 4.99. The molecule has 0 heterocycles. The molecule has 80 valence electrons. The van der Waals surface area contributed by atoms with Crippen LogP contribution in [0.2, 0.25) is 0 Å². The molecule has 15 heavy (non-hydrogen) atoms. The number of nitrogens with two attached hydrogens (primary N) is 1. The van der Waals surface area contributed by atoms with E-state index in [0.717, 1.165) is 11.8 Å². The summed E-state index contributed by atoms with van der Waals surface area (Å²) < 4.78 is 0.